The second-order valence-corrected chi connectivity index (χ2v) is 7.95. The van der Waals surface area contributed by atoms with Gasteiger partial charge in [-0.15, -0.1) is 0 Å². The second kappa shape index (κ2) is 6.61. The smallest absolute Gasteiger partial charge is 0.245 e. The van der Waals surface area contributed by atoms with Gasteiger partial charge in [-0.05, 0) is 38.8 Å². The summed E-state index contributed by atoms with van der Waals surface area (Å²) in [6, 6.07) is 7.86. The number of para-hydroxylation sites is 1. The number of sulfonamides is 1. The number of aromatic nitrogens is 1. The van der Waals surface area contributed by atoms with E-state index in [4.69, 9.17) is 4.52 Å². The van der Waals surface area contributed by atoms with E-state index in [9.17, 15) is 13.2 Å². The molecule has 2 aromatic rings. The molecule has 8 heteroatoms. The number of fused-ring (bicyclic) bond motifs is 1. The number of carbonyl (C=O) groups excluding carboxylic acids is 1. The first-order valence-electron chi connectivity index (χ1n) is 8.14. The molecule has 0 saturated carbocycles. The van der Waals surface area contributed by atoms with E-state index < -0.39 is 10.0 Å². The molecule has 1 aliphatic heterocycles. The van der Waals surface area contributed by atoms with Crippen molar-refractivity contribution >= 4 is 21.6 Å². The SMILES string of the molecule is Cc1noc(C)c1S(=O)(=O)NCCC(=O)N1c2ccccc2CC1C. The molecule has 0 bridgehead atoms. The maximum Gasteiger partial charge on any atom is 0.245 e. The van der Waals surface area contributed by atoms with Crippen molar-refractivity contribution in [2.45, 2.75) is 44.6 Å². The van der Waals surface area contributed by atoms with Crippen molar-refractivity contribution in [3.05, 3.63) is 41.3 Å². The Morgan fingerprint density at radius 1 is 1.36 bits per heavy atom. The van der Waals surface area contributed by atoms with Crippen LogP contribution in [0.4, 0.5) is 5.69 Å². The van der Waals surface area contributed by atoms with E-state index in [1.165, 1.54) is 0 Å². The fraction of sp³-hybridized carbons (Fsp3) is 0.412. The third-order valence-corrected chi connectivity index (χ3v) is 6.05. The lowest BCUT2D eigenvalue weighted by atomic mass is 10.1. The molecular formula is C17H21N3O4S. The zero-order valence-corrected chi connectivity index (χ0v) is 15.3. The van der Waals surface area contributed by atoms with Crippen molar-refractivity contribution in [3.8, 4) is 0 Å². The zero-order chi connectivity index (χ0) is 18.2. The van der Waals surface area contributed by atoms with Crippen molar-refractivity contribution in [3.63, 3.8) is 0 Å². The van der Waals surface area contributed by atoms with Crippen molar-refractivity contribution in [2.75, 3.05) is 11.4 Å². The molecule has 1 aliphatic rings. The Balaban J connectivity index is 1.66. The van der Waals surface area contributed by atoms with Gasteiger partial charge in [-0.1, -0.05) is 23.4 Å². The number of aryl methyl sites for hydroxylation is 2. The topological polar surface area (TPSA) is 92.5 Å². The van der Waals surface area contributed by atoms with Gasteiger partial charge < -0.3 is 9.42 Å². The number of hydrogen-bond donors (Lipinski definition) is 1. The lowest BCUT2D eigenvalue weighted by Gasteiger charge is -2.22. The van der Waals surface area contributed by atoms with E-state index in [-0.39, 0.29) is 35.6 Å². The summed E-state index contributed by atoms with van der Waals surface area (Å²) in [5, 5.41) is 3.65. The van der Waals surface area contributed by atoms with Crippen LogP contribution in [0.25, 0.3) is 0 Å². The highest BCUT2D eigenvalue weighted by Crippen LogP contribution is 2.32. The summed E-state index contributed by atoms with van der Waals surface area (Å²) in [6.45, 7) is 5.13. The van der Waals surface area contributed by atoms with E-state index >= 15 is 0 Å². The van der Waals surface area contributed by atoms with Gasteiger partial charge >= 0.3 is 0 Å². The highest BCUT2D eigenvalue weighted by Gasteiger charge is 2.30. The molecule has 1 aromatic heterocycles. The molecule has 0 saturated heterocycles. The van der Waals surface area contributed by atoms with Crippen molar-refractivity contribution in [2.24, 2.45) is 0 Å². The zero-order valence-electron chi connectivity index (χ0n) is 14.4. The van der Waals surface area contributed by atoms with Crippen LogP contribution in [0.2, 0.25) is 0 Å². The van der Waals surface area contributed by atoms with E-state index in [1.54, 1.807) is 18.7 Å². The molecule has 7 nitrogen and oxygen atoms in total. The minimum atomic E-state index is -3.75. The van der Waals surface area contributed by atoms with Crippen LogP contribution >= 0.6 is 0 Å². The molecule has 1 aromatic carbocycles. The first-order valence-corrected chi connectivity index (χ1v) is 9.62. The van der Waals surface area contributed by atoms with Crippen molar-refractivity contribution < 1.29 is 17.7 Å². The predicted molar refractivity (Wildman–Crippen MR) is 92.9 cm³/mol. The maximum absolute atomic E-state index is 12.6. The average molecular weight is 363 g/mol. The lowest BCUT2D eigenvalue weighted by Crippen LogP contribution is -2.38. The predicted octanol–water partition coefficient (Wildman–Crippen LogP) is 1.94. The molecule has 1 unspecified atom stereocenters. The minimum absolute atomic E-state index is 0.0244. The molecule has 3 rings (SSSR count). The Bertz CT molecular complexity index is 885. The quantitative estimate of drug-likeness (QED) is 0.876. The molecule has 1 N–H and O–H groups in total. The fourth-order valence-electron chi connectivity index (χ4n) is 3.29. The summed E-state index contributed by atoms with van der Waals surface area (Å²) in [6.07, 6.45) is 0.897. The molecule has 0 spiro atoms. The van der Waals surface area contributed by atoms with Crippen molar-refractivity contribution in [1.29, 1.82) is 0 Å². The first-order chi connectivity index (χ1) is 11.8. The van der Waals surface area contributed by atoms with E-state index in [0.29, 0.717) is 5.69 Å². The highest BCUT2D eigenvalue weighted by atomic mass is 32.2. The number of rotatable bonds is 5. The summed E-state index contributed by atoms with van der Waals surface area (Å²) in [5.74, 6) is 0.136. The van der Waals surface area contributed by atoms with Crippen LogP contribution in [0.3, 0.4) is 0 Å². The van der Waals surface area contributed by atoms with Gasteiger partial charge in [-0.25, -0.2) is 13.1 Å². The second-order valence-electron chi connectivity index (χ2n) is 6.25. The molecule has 0 fully saturated rings. The van der Waals surface area contributed by atoms with Gasteiger partial charge in [0.15, 0.2) is 5.76 Å². The normalized spacial score (nSPS) is 16.9. The molecule has 0 aliphatic carbocycles. The number of nitrogens with zero attached hydrogens (tertiary/aromatic N) is 2. The Kier molecular flexibility index (Phi) is 4.66. The van der Waals surface area contributed by atoms with Crippen LogP contribution in [0.5, 0.6) is 0 Å². The molecule has 134 valence electrons. The largest absolute Gasteiger partial charge is 0.360 e. The van der Waals surface area contributed by atoms with Crippen LogP contribution in [0.1, 0.15) is 30.4 Å². The first kappa shape index (κ1) is 17.6. The van der Waals surface area contributed by atoms with E-state index in [1.807, 2.05) is 31.2 Å². The summed E-state index contributed by atoms with van der Waals surface area (Å²) in [5.41, 5.74) is 2.35. The van der Waals surface area contributed by atoms with Crippen LogP contribution in [0.15, 0.2) is 33.7 Å². The lowest BCUT2D eigenvalue weighted by molar-refractivity contribution is -0.118. The van der Waals surface area contributed by atoms with Crippen LogP contribution < -0.4 is 9.62 Å². The third-order valence-electron chi connectivity index (χ3n) is 4.34. The highest BCUT2D eigenvalue weighted by molar-refractivity contribution is 7.89. The monoisotopic (exact) mass is 363 g/mol. The number of carbonyl (C=O) groups is 1. The van der Waals surface area contributed by atoms with Crippen LogP contribution in [-0.2, 0) is 21.2 Å². The van der Waals surface area contributed by atoms with Gasteiger partial charge in [0.25, 0.3) is 0 Å². The minimum Gasteiger partial charge on any atom is -0.360 e. The molecule has 1 amide bonds. The van der Waals surface area contributed by atoms with E-state index in [2.05, 4.69) is 9.88 Å². The Labute approximate surface area is 147 Å². The molecular weight excluding hydrogens is 342 g/mol. The molecule has 2 heterocycles. The van der Waals surface area contributed by atoms with Gasteiger partial charge in [-0.3, -0.25) is 4.79 Å². The molecule has 25 heavy (non-hydrogen) atoms. The van der Waals surface area contributed by atoms with Gasteiger partial charge in [-0.2, -0.15) is 0 Å². The maximum atomic E-state index is 12.6. The number of nitrogens with one attached hydrogen (secondary N) is 1. The number of amides is 1. The number of benzene rings is 1. The van der Waals surface area contributed by atoms with E-state index in [0.717, 1.165) is 17.7 Å². The van der Waals surface area contributed by atoms with Gasteiger partial charge in [0, 0.05) is 24.7 Å². The van der Waals surface area contributed by atoms with Gasteiger partial charge in [0.05, 0.1) is 0 Å². The molecule has 1 atom stereocenters. The summed E-state index contributed by atoms with van der Waals surface area (Å²) < 4.78 is 32.1. The molecule has 0 radical (unpaired) electrons. The summed E-state index contributed by atoms with van der Waals surface area (Å²) in [4.78, 5) is 14.4. The standard InChI is InChI=1S/C17H21N3O4S/c1-11-10-14-6-4-5-7-15(14)20(11)16(21)8-9-18-25(22,23)17-12(2)19-24-13(17)3/h4-7,11,18H,8-10H2,1-3H3. The van der Waals surface area contributed by atoms with Gasteiger partial charge in [0.2, 0.25) is 15.9 Å². The Morgan fingerprint density at radius 2 is 2.08 bits per heavy atom. The summed E-state index contributed by atoms with van der Waals surface area (Å²) >= 11 is 0. The third kappa shape index (κ3) is 3.32. The summed E-state index contributed by atoms with van der Waals surface area (Å²) in [7, 11) is -3.75. The van der Waals surface area contributed by atoms with Crippen LogP contribution in [0, 0.1) is 13.8 Å². The fourth-order valence-corrected chi connectivity index (χ4v) is 4.65. The Morgan fingerprint density at radius 3 is 2.76 bits per heavy atom. The Hall–Kier alpha value is -2.19. The van der Waals surface area contributed by atoms with Gasteiger partial charge in [0.1, 0.15) is 10.6 Å². The number of anilines is 1. The number of hydrogen-bond acceptors (Lipinski definition) is 5. The average Bonchev–Trinajstić information content (AvgIpc) is 3.05. The van der Waals surface area contributed by atoms with Crippen molar-refractivity contribution in [1.82, 2.24) is 9.88 Å². The van der Waals surface area contributed by atoms with Crippen LogP contribution in [-0.4, -0.2) is 32.1 Å².